The molecule has 0 spiro atoms. The minimum Gasteiger partial charge on any atom is -0.450 e. The first kappa shape index (κ1) is 15.2. The van der Waals surface area contributed by atoms with Crippen LogP contribution in [0, 0.1) is 0 Å². The van der Waals surface area contributed by atoms with Gasteiger partial charge in [-0.25, -0.2) is 4.79 Å². The molecule has 1 rings (SSSR count). The molecule has 1 fully saturated rings. The maximum Gasteiger partial charge on any atom is 0.409 e. The summed E-state index contributed by atoms with van der Waals surface area (Å²) in [5.41, 5.74) is -0.212. The van der Waals surface area contributed by atoms with Crippen LogP contribution in [0.25, 0.3) is 0 Å². The third-order valence-corrected chi connectivity index (χ3v) is 3.70. The molecule has 0 aromatic carbocycles. The SMILES string of the molecule is CCOC(=O)N1CCC(NC(C)(CC)CO)CC1. The van der Waals surface area contributed by atoms with E-state index in [-0.39, 0.29) is 18.2 Å². The van der Waals surface area contributed by atoms with Crippen LogP contribution in [0.5, 0.6) is 0 Å². The lowest BCUT2D eigenvalue weighted by molar-refractivity contribution is 0.0869. The van der Waals surface area contributed by atoms with Gasteiger partial charge in [-0.05, 0) is 33.1 Å². The van der Waals surface area contributed by atoms with E-state index in [0.29, 0.717) is 12.6 Å². The van der Waals surface area contributed by atoms with Gasteiger partial charge in [-0.2, -0.15) is 0 Å². The smallest absolute Gasteiger partial charge is 0.409 e. The molecule has 1 unspecified atom stereocenters. The Morgan fingerprint density at radius 2 is 2.06 bits per heavy atom. The highest BCUT2D eigenvalue weighted by Gasteiger charge is 2.29. The Balaban J connectivity index is 2.37. The molecule has 5 nitrogen and oxygen atoms in total. The number of nitrogens with zero attached hydrogens (tertiary/aromatic N) is 1. The van der Waals surface area contributed by atoms with Gasteiger partial charge >= 0.3 is 6.09 Å². The molecular formula is C13H26N2O3. The largest absolute Gasteiger partial charge is 0.450 e. The molecular weight excluding hydrogens is 232 g/mol. The van der Waals surface area contributed by atoms with Gasteiger partial charge in [0.25, 0.3) is 0 Å². The van der Waals surface area contributed by atoms with Crippen LogP contribution in [0.2, 0.25) is 0 Å². The molecule has 106 valence electrons. The highest BCUT2D eigenvalue weighted by Crippen LogP contribution is 2.16. The van der Waals surface area contributed by atoms with Crippen molar-refractivity contribution in [3.8, 4) is 0 Å². The molecule has 1 saturated heterocycles. The van der Waals surface area contributed by atoms with Crippen molar-refractivity contribution in [2.24, 2.45) is 0 Å². The molecule has 0 saturated carbocycles. The van der Waals surface area contributed by atoms with Gasteiger partial charge in [0.15, 0.2) is 0 Å². The topological polar surface area (TPSA) is 61.8 Å². The number of carbonyl (C=O) groups is 1. The second-order valence-electron chi connectivity index (χ2n) is 5.18. The maximum absolute atomic E-state index is 11.5. The van der Waals surface area contributed by atoms with Crippen LogP contribution in [-0.2, 0) is 4.74 Å². The average molecular weight is 258 g/mol. The van der Waals surface area contributed by atoms with Gasteiger partial charge in [0.2, 0.25) is 0 Å². The molecule has 1 aliphatic heterocycles. The summed E-state index contributed by atoms with van der Waals surface area (Å²) >= 11 is 0. The summed E-state index contributed by atoms with van der Waals surface area (Å²) in [5.74, 6) is 0. The standard InChI is InChI=1S/C13H26N2O3/c1-4-13(3,10-16)14-11-6-8-15(9-7-11)12(17)18-5-2/h11,14,16H,4-10H2,1-3H3. The molecule has 0 radical (unpaired) electrons. The van der Waals surface area contributed by atoms with Crippen molar-refractivity contribution in [3.63, 3.8) is 0 Å². The lowest BCUT2D eigenvalue weighted by Crippen LogP contribution is -2.54. The van der Waals surface area contributed by atoms with E-state index in [1.54, 1.807) is 4.90 Å². The van der Waals surface area contributed by atoms with E-state index in [4.69, 9.17) is 4.74 Å². The number of likely N-dealkylation sites (tertiary alicyclic amines) is 1. The molecule has 1 amide bonds. The monoisotopic (exact) mass is 258 g/mol. The van der Waals surface area contributed by atoms with Gasteiger partial charge < -0.3 is 20.1 Å². The Bertz CT molecular complexity index is 259. The normalized spacial score (nSPS) is 20.6. The fourth-order valence-corrected chi connectivity index (χ4v) is 2.17. The molecule has 0 aliphatic carbocycles. The van der Waals surface area contributed by atoms with Crippen LogP contribution in [-0.4, -0.2) is 54.0 Å². The van der Waals surface area contributed by atoms with E-state index in [9.17, 15) is 9.90 Å². The molecule has 0 aromatic rings. The summed E-state index contributed by atoms with van der Waals surface area (Å²) in [6.45, 7) is 7.93. The number of nitrogens with one attached hydrogen (secondary N) is 1. The van der Waals surface area contributed by atoms with Crippen molar-refractivity contribution >= 4 is 6.09 Å². The zero-order chi connectivity index (χ0) is 13.6. The van der Waals surface area contributed by atoms with Crippen molar-refractivity contribution in [1.82, 2.24) is 10.2 Å². The second kappa shape index (κ2) is 6.95. The number of hydrogen-bond acceptors (Lipinski definition) is 4. The van der Waals surface area contributed by atoms with Crippen LogP contribution in [0.15, 0.2) is 0 Å². The second-order valence-corrected chi connectivity index (χ2v) is 5.18. The highest BCUT2D eigenvalue weighted by molar-refractivity contribution is 5.67. The third-order valence-electron chi connectivity index (χ3n) is 3.70. The molecule has 0 bridgehead atoms. The predicted molar refractivity (Wildman–Crippen MR) is 70.5 cm³/mol. The van der Waals surface area contributed by atoms with Crippen LogP contribution in [0.4, 0.5) is 4.79 Å². The van der Waals surface area contributed by atoms with Gasteiger partial charge in [-0.1, -0.05) is 6.92 Å². The van der Waals surface area contributed by atoms with Crippen LogP contribution >= 0.6 is 0 Å². The van der Waals surface area contributed by atoms with Crippen molar-refractivity contribution < 1.29 is 14.6 Å². The Morgan fingerprint density at radius 3 is 2.50 bits per heavy atom. The van der Waals surface area contributed by atoms with Crippen LogP contribution < -0.4 is 5.32 Å². The molecule has 1 heterocycles. The lowest BCUT2D eigenvalue weighted by Gasteiger charge is -2.37. The lowest BCUT2D eigenvalue weighted by atomic mass is 9.95. The molecule has 1 aliphatic rings. The van der Waals surface area contributed by atoms with Gasteiger partial charge in [0.05, 0.1) is 13.2 Å². The molecule has 2 N–H and O–H groups in total. The minimum atomic E-state index is -0.212. The summed E-state index contributed by atoms with van der Waals surface area (Å²) in [5, 5.41) is 12.9. The van der Waals surface area contributed by atoms with Gasteiger partial charge in [0.1, 0.15) is 0 Å². The van der Waals surface area contributed by atoms with Gasteiger partial charge in [-0.15, -0.1) is 0 Å². The first-order chi connectivity index (χ1) is 8.54. The molecule has 18 heavy (non-hydrogen) atoms. The third kappa shape index (κ3) is 4.14. The summed E-state index contributed by atoms with van der Waals surface area (Å²) in [6, 6.07) is 0.368. The number of amides is 1. The number of aliphatic hydroxyl groups excluding tert-OH is 1. The van der Waals surface area contributed by atoms with Crippen LogP contribution in [0.3, 0.4) is 0 Å². The minimum absolute atomic E-state index is 0.140. The predicted octanol–water partition coefficient (Wildman–Crippen LogP) is 1.36. The zero-order valence-corrected chi connectivity index (χ0v) is 11.7. The Hall–Kier alpha value is -0.810. The number of rotatable bonds is 5. The Morgan fingerprint density at radius 1 is 1.44 bits per heavy atom. The number of ether oxygens (including phenoxy) is 1. The summed E-state index contributed by atoms with van der Waals surface area (Å²) < 4.78 is 4.99. The first-order valence-corrected chi connectivity index (χ1v) is 6.85. The van der Waals surface area contributed by atoms with E-state index >= 15 is 0 Å². The van der Waals surface area contributed by atoms with Crippen molar-refractivity contribution in [2.75, 3.05) is 26.3 Å². The number of piperidine rings is 1. The fourth-order valence-electron chi connectivity index (χ4n) is 2.17. The van der Waals surface area contributed by atoms with Crippen molar-refractivity contribution in [3.05, 3.63) is 0 Å². The van der Waals surface area contributed by atoms with E-state index in [1.807, 2.05) is 13.8 Å². The van der Waals surface area contributed by atoms with E-state index < -0.39 is 0 Å². The van der Waals surface area contributed by atoms with Crippen LogP contribution in [0.1, 0.15) is 40.0 Å². The van der Waals surface area contributed by atoms with E-state index in [0.717, 1.165) is 32.4 Å². The Labute approximate surface area is 109 Å². The Kier molecular flexibility index (Phi) is 5.88. The first-order valence-electron chi connectivity index (χ1n) is 6.85. The van der Waals surface area contributed by atoms with Gasteiger partial charge in [-0.3, -0.25) is 0 Å². The average Bonchev–Trinajstić information content (AvgIpc) is 2.39. The highest BCUT2D eigenvalue weighted by atomic mass is 16.6. The summed E-state index contributed by atoms with van der Waals surface area (Å²) in [7, 11) is 0. The van der Waals surface area contributed by atoms with Gasteiger partial charge in [0, 0.05) is 24.7 Å². The van der Waals surface area contributed by atoms with E-state index in [1.165, 1.54) is 0 Å². The molecule has 5 heteroatoms. The molecule has 0 aromatic heterocycles. The maximum atomic E-state index is 11.5. The number of hydrogen-bond donors (Lipinski definition) is 2. The van der Waals surface area contributed by atoms with Crippen molar-refractivity contribution in [2.45, 2.75) is 51.6 Å². The number of carbonyl (C=O) groups excluding carboxylic acids is 1. The summed E-state index contributed by atoms with van der Waals surface area (Å²) in [6.07, 6.45) is 2.50. The zero-order valence-electron chi connectivity index (χ0n) is 11.7. The van der Waals surface area contributed by atoms with Crippen molar-refractivity contribution in [1.29, 1.82) is 0 Å². The quantitative estimate of drug-likeness (QED) is 0.781. The number of aliphatic hydroxyl groups is 1. The van der Waals surface area contributed by atoms with E-state index in [2.05, 4.69) is 12.2 Å². The fraction of sp³-hybridized carbons (Fsp3) is 0.923. The molecule has 1 atom stereocenters. The summed E-state index contributed by atoms with van der Waals surface area (Å²) in [4.78, 5) is 13.3.